The quantitative estimate of drug-likeness (QED) is 0.771. The molecule has 0 fully saturated rings. The molecule has 3 rings (SSSR count). The van der Waals surface area contributed by atoms with E-state index in [1.807, 2.05) is 31.2 Å². The second kappa shape index (κ2) is 5.50. The molecule has 0 aliphatic heterocycles. The molecule has 0 radical (unpaired) electrons. The standard InChI is InChI=1S/C17H15FN2O/c1-11-5-7-12(8-6-11)16(21)17-19-10-15(20-17)13-3-2-4-14(18)9-13/h2-10,16,21H,1H3,(H,19,20). The van der Waals surface area contributed by atoms with Crippen molar-refractivity contribution < 1.29 is 9.50 Å². The van der Waals surface area contributed by atoms with Crippen LogP contribution in [0.5, 0.6) is 0 Å². The Balaban J connectivity index is 1.89. The lowest BCUT2D eigenvalue weighted by Crippen LogP contribution is -2.01. The number of imidazole rings is 1. The summed E-state index contributed by atoms with van der Waals surface area (Å²) >= 11 is 0. The second-order valence-corrected chi connectivity index (χ2v) is 5.01. The van der Waals surface area contributed by atoms with Crippen molar-refractivity contribution in [3.8, 4) is 11.3 Å². The largest absolute Gasteiger partial charge is 0.380 e. The Bertz CT molecular complexity index is 749. The third-order valence-electron chi connectivity index (χ3n) is 3.38. The van der Waals surface area contributed by atoms with E-state index >= 15 is 0 Å². The summed E-state index contributed by atoms with van der Waals surface area (Å²) in [5.41, 5.74) is 3.27. The van der Waals surface area contributed by atoms with Crippen molar-refractivity contribution in [1.29, 1.82) is 0 Å². The molecule has 2 aromatic carbocycles. The van der Waals surface area contributed by atoms with Crippen LogP contribution < -0.4 is 0 Å². The summed E-state index contributed by atoms with van der Waals surface area (Å²) in [6.45, 7) is 1.99. The number of hydrogen-bond acceptors (Lipinski definition) is 2. The minimum absolute atomic E-state index is 0.303. The highest BCUT2D eigenvalue weighted by atomic mass is 19.1. The van der Waals surface area contributed by atoms with Gasteiger partial charge >= 0.3 is 0 Å². The predicted octanol–water partition coefficient (Wildman–Crippen LogP) is 3.61. The molecule has 0 amide bonds. The van der Waals surface area contributed by atoms with Gasteiger partial charge in [0.1, 0.15) is 17.7 Å². The number of halogens is 1. The van der Waals surface area contributed by atoms with E-state index < -0.39 is 6.10 Å². The molecule has 0 aliphatic rings. The molecule has 0 saturated heterocycles. The maximum Gasteiger partial charge on any atom is 0.140 e. The van der Waals surface area contributed by atoms with Gasteiger partial charge < -0.3 is 10.1 Å². The average molecular weight is 282 g/mol. The fraction of sp³-hybridized carbons (Fsp3) is 0.118. The molecular weight excluding hydrogens is 267 g/mol. The lowest BCUT2D eigenvalue weighted by molar-refractivity contribution is 0.211. The maximum atomic E-state index is 13.2. The zero-order chi connectivity index (χ0) is 14.8. The first-order valence-electron chi connectivity index (χ1n) is 6.69. The first-order chi connectivity index (χ1) is 10.1. The van der Waals surface area contributed by atoms with E-state index in [-0.39, 0.29) is 5.82 Å². The average Bonchev–Trinajstić information content (AvgIpc) is 2.97. The number of aromatic amines is 1. The SMILES string of the molecule is Cc1ccc(C(O)c2ncc(-c3cccc(F)c3)[nH]2)cc1. The van der Waals surface area contributed by atoms with Crippen LogP contribution in [-0.4, -0.2) is 15.1 Å². The van der Waals surface area contributed by atoms with Crippen molar-refractivity contribution in [2.45, 2.75) is 13.0 Å². The molecule has 4 heteroatoms. The first-order valence-corrected chi connectivity index (χ1v) is 6.69. The Hall–Kier alpha value is -2.46. The van der Waals surface area contributed by atoms with Crippen molar-refractivity contribution in [3.63, 3.8) is 0 Å². The molecule has 0 bridgehead atoms. The normalized spacial score (nSPS) is 12.3. The van der Waals surface area contributed by atoms with Crippen molar-refractivity contribution in [2.75, 3.05) is 0 Å². The lowest BCUT2D eigenvalue weighted by Gasteiger charge is -2.08. The Morgan fingerprint density at radius 3 is 2.62 bits per heavy atom. The molecule has 3 aromatic rings. The summed E-state index contributed by atoms with van der Waals surface area (Å²) in [4.78, 5) is 7.23. The monoisotopic (exact) mass is 282 g/mol. The highest BCUT2D eigenvalue weighted by molar-refractivity contribution is 5.58. The fourth-order valence-corrected chi connectivity index (χ4v) is 2.18. The summed E-state index contributed by atoms with van der Waals surface area (Å²) in [5, 5.41) is 10.3. The van der Waals surface area contributed by atoms with E-state index in [1.54, 1.807) is 18.3 Å². The number of rotatable bonds is 3. The van der Waals surface area contributed by atoms with Crippen LogP contribution in [0, 0.1) is 12.7 Å². The van der Waals surface area contributed by atoms with E-state index in [1.165, 1.54) is 12.1 Å². The summed E-state index contributed by atoms with van der Waals surface area (Å²) in [6, 6.07) is 13.9. The highest BCUT2D eigenvalue weighted by Crippen LogP contribution is 2.23. The van der Waals surface area contributed by atoms with Gasteiger partial charge in [0, 0.05) is 5.56 Å². The van der Waals surface area contributed by atoms with E-state index in [0.717, 1.165) is 11.1 Å². The molecular formula is C17H15FN2O. The number of nitrogens with zero attached hydrogens (tertiary/aromatic N) is 1. The molecule has 3 nitrogen and oxygen atoms in total. The number of aromatic nitrogens is 2. The number of aliphatic hydroxyl groups excluding tert-OH is 1. The molecule has 0 saturated carbocycles. The molecule has 1 aromatic heterocycles. The van der Waals surface area contributed by atoms with E-state index in [9.17, 15) is 9.50 Å². The van der Waals surface area contributed by atoms with Crippen LogP contribution in [0.15, 0.2) is 54.7 Å². The van der Waals surface area contributed by atoms with Crippen LogP contribution in [0.1, 0.15) is 23.1 Å². The third-order valence-corrected chi connectivity index (χ3v) is 3.38. The van der Waals surface area contributed by atoms with E-state index in [2.05, 4.69) is 9.97 Å². The number of benzene rings is 2. The van der Waals surface area contributed by atoms with Gasteiger partial charge in [0.2, 0.25) is 0 Å². The van der Waals surface area contributed by atoms with Crippen LogP contribution in [-0.2, 0) is 0 Å². The molecule has 1 heterocycles. The number of aryl methyl sites for hydroxylation is 1. The highest BCUT2D eigenvalue weighted by Gasteiger charge is 2.14. The van der Waals surface area contributed by atoms with E-state index in [0.29, 0.717) is 17.1 Å². The first kappa shape index (κ1) is 13.5. The van der Waals surface area contributed by atoms with Gasteiger partial charge in [-0.25, -0.2) is 9.37 Å². The summed E-state index contributed by atoms with van der Waals surface area (Å²) in [7, 11) is 0. The lowest BCUT2D eigenvalue weighted by atomic mass is 10.1. The summed E-state index contributed by atoms with van der Waals surface area (Å²) in [5.74, 6) is 0.140. The van der Waals surface area contributed by atoms with Crippen molar-refractivity contribution in [1.82, 2.24) is 9.97 Å². The predicted molar refractivity (Wildman–Crippen MR) is 79.2 cm³/mol. The minimum Gasteiger partial charge on any atom is -0.380 e. The number of nitrogens with one attached hydrogen (secondary N) is 1. The molecule has 0 spiro atoms. The molecule has 0 aliphatic carbocycles. The smallest absolute Gasteiger partial charge is 0.140 e. The van der Waals surface area contributed by atoms with Crippen molar-refractivity contribution in [2.24, 2.45) is 0 Å². The van der Waals surface area contributed by atoms with Gasteiger partial charge in [0.05, 0.1) is 11.9 Å². The van der Waals surface area contributed by atoms with Gasteiger partial charge in [-0.3, -0.25) is 0 Å². The van der Waals surface area contributed by atoms with Crippen LogP contribution >= 0.6 is 0 Å². The van der Waals surface area contributed by atoms with Crippen LogP contribution in [0.4, 0.5) is 4.39 Å². The van der Waals surface area contributed by atoms with Gasteiger partial charge in [-0.05, 0) is 24.6 Å². The minimum atomic E-state index is -0.826. The summed E-state index contributed by atoms with van der Waals surface area (Å²) < 4.78 is 13.2. The van der Waals surface area contributed by atoms with Crippen LogP contribution in [0.3, 0.4) is 0 Å². The Labute approximate surface area is 122 Å². The topological polar surface area (TPSA) is 48.9 Å². The van der Waals surface area contributed by atoms with Gasteiger partial charge in [0.25, 0.3) is 0 Å². The zero-order valence-electron chi connectivity index (χ0n) is 11.5. The Morgan fingerprint density at radius 2 is 1.90 bits per heavy atom. The Morgan fingerprint density at radius 1 is 1.14 bits per heavy atom. The van der Waals surface area contributed by atoms with Gasteiger partial charge in [-0.2, -0.15) is 0 Å². The van der Waals surface area contributed by atoms with Gasteiger partial charge in [-0.1, -0.05) is 42.0 Å². The number of aliphatic hydroxyl groups is 1. The van der Waals surface area contributed by atoms with Gasteiger partial charge in [-0.15, -0.1) is 0 Å². The molecule has 1 unspecified atom stereocenters. The molecule has 106 valence electrons. The zero-order valence-corrected chi connectivity index (χ0v) is 11.5. The number of hydrogen-bond donors (Lipinski definition) is 2. The molecule has 2 N–H and O–H groups in total. The van der Waals surface area contributed by atoms with Gasteiger partial charge in [0.15, 0.2) is 0 Å². The third kappa shape index (κ3) is 2.85. The molecule has 1 atom stereocenters. The fourth-order valence-electron chi connectivity index (χ4n) is 2.18. The van der Waals surface area contributed by atoms with E-state index in [4.69, 9.17) is 0 Å². The van der Waals surface area contributed by atoms with Crippen molar-refractivity contribution >= 4 is 0 Å². The Kier molecular flexibility index (Phi) is 3.54. The van der Waals surface area contributed by atoms with Crippen LogP contribution in [0.2, 0.25) is 0 Å². The molecule has 21 heavy (non-hydrogen) atoms. The van der Waals surface area contributed by atoms with Crippen LogP contribution in [0.25, 0.3) is 11.3 Å². The maximum absolute atomic E-state index is 13.2. The summed E-state index contributed by atoms with van der Waals surface area (Å²) in [6.07, 6.45) is 0.773. The van der Waals surface area contributed by atoms with Crippen molar-refractivity contribution in [3.05, 3.63) is 77.5 Å². The number of H-pyrrole nitrogens is 1. The second-order valence-electron chi connectivity index (χ2n) is 5.01.